The third-order valence-corrected chi connectivity index (χ3v) is 5.63. The summed E-state index contributed by atoms with van der Waals surface area (Å²) in [6, 6.07) is 18.2. The molecule has 0 unspecified atom stereocenters. The van der Waals surface area contributed by atoms with Crippen molar-refractivity contribution in [2.75, 3.05) is 6.79 Å². The van der Waals surface area contributed by atoms with E-state index in [1.807, 2.05) is 23.6 Å². The molecule has 0 atom stereocenters. The molecule has 0 bridgehead atoms. The first kappa shape index (κ1) is 18.6. The fourth-order valence-electron chi connectivity index (χ4n) is 3.27. The largest absolute Gasteiger partial charge is 0.454 e. The summed E-state index contributed by atoms with van der Waals surface area (Å²) in [6.45, 7) is 0.753. The van der Waals surface area contributed by atoms with Crippen molar-refractivity contribution < 1.29 is 18.3 Å². The van der Waals surface area contributed by atoms with Gasteiger partial charge in [-0.05, 0) is 71.8 Å². The zero-order chi connectivity index (χ0) is 20.5. The highest BCUT2D eigenvalue weighted by Crippen LogP contribution is 2.33. The topological polar surface area (TPSA) is 35.8 Å². The number of benzene rings is 3. The van der Waals surface area contributed by atoms with Gasteiger partial charge in [0.2, 0.25) is 6.79 Å². The van der Waals surface area contributed by atoms with Gasteiger partial charge in [0.1, 0.15) is 11.6 Å². The van der Waals surface area contributed by atoms with Crippen LogP contribution >= 0.6 is 11.3 Å². The van der Waals surface area contributed by atoms with Gasteiger partial charge < -0.3 is 14.0 Å². The number of aromatic nitrogens is 1. The Balaban J connectivity index is 1.60. The second kappa shape index (κ2) is 7.76. The summed E-state index contributed by atoms with van der Waals surface area (Å²) in [4.78, 5) is 5.45. The number of hydrogen-bond acceptors (Lipinski definition) is 4. The van der Waals surface area contributed by atoms with E-state index in [1.165, 1.54) is 35.6 Å². The number of thiazole rings is 1. The van der Waals surface area contributed by atoms with Gasteiger partial charge in [-0.1, -0.05) is 6.07 Å². The number of fused-ring (bicyclic) bond motifs is 1. The second-order valence-corrected chi connectivity index (χ2v) is 7.61. The molecule has 30 heavy (non-hydrogen) atoms. The Morgan fingerprint density at radius 2 is 1.57 bits per heavy atom. The minimum atomic E-state index is -0.305. The molecule has 0 saturated carbocycles. The molecule has 150 valence electrons. The molecule has 0 aliphatic carbocycles. The summed E-state index contributed by atoms with van der Waals surface area (Å²) in [5.41, 5.74) is 3.47. The van der Waals surface area contributed by atoms with Crippen molar-refractivity contribution in [3.63, 3.8) is 0 Å². The normalized spacial score (nSPS) is 13.1. The molecule has 0 fully saturated rings. The van der Waals surface area contributed by atoms with Crippen molar-refractivity contribution in [1.82, 2.24) is 4.57 Å². The Labute approximate surface area is 175 Å². The number of nitrogens with zero attached hydrogens (tertiary/aromatic N) is 2. The Kier molecular flexibility index (Phi) is 4.80. The molecule has 4 aromatic rings. The van der Waals surface area contributed by atoms with Crippen molar-refractivity contribution in [1.29, 1.82) is 0 Å². The number of hydrogen-bond donors (Lipinski definition) is 0. The molecular formula is C23H16F2N2O2S. The highest BCUT2D eigenvalue weighted by atomic mass is 32.1. The summed E-state index contributed by atoms with van der Waals surface area (Å²) in [6.07, 6.45) is 0. The average Bonchev–Trinajstić information content (AvgIpc) is 3.37. The maximum Gasteiger partial charge on any atom is 0.231 e. The number of rotatable bonds is 4. The lowest BCUT2D eigenvalue weighted by molar-refractivity contribution is 0.174. The van der Waals surface area contributed by atoms with Crippen LogP contribution in [0.1, 0.15) is 5.56 Å². The van der Waals surface area contributed by atoms with E-state index in [-0.39, 0.29) is 18.4 Å². The van der Waals surface area contributed by atoms with E-state index in [2.05, 4.69) is 4.57 Å². The molecule has 0 spiro atoms. The van der Waals surface area contributed by atoms with Crippen LogP contribution in [-0.2, 0) is 6.54 Å². The maximum atomic E-state index is 13.4. The molecule has 0 saturated heterocycles. The molecule has 3 aromatic carbocycles. The summed E-state index contributed by atoms with van der Waals surface area (Å²) in [5, 5.41) is 1.99. The minimum absolute atomic E-state index is 0.219. The van der Waals surface area contributed by atoms with Crippen molar-refractivity contribution >= 4 is 17.0 Å². The zero-order valence-electron chi connectivity index (χ0n) is 15.7. The molecule has 4 nitrogen and oxygen atoms in total. The third kappa shape index (κ3) is 3.71. The van der Waals surface area contributed by atoms with Crippen LogP contribution in [0.3, 0.4) is 0 Å². The van der Waals surface area contributed by atoms with Crippen LogP contribution in [-0.4, -0.2) is 11.4 Å². The molecule has 0 N–H and O–H groups in total. The predicted molar refractivity (Wildman–Crippen MR) is 111 cm³/mol. The molecule has 1 aliphatic rings. The summed E-state index contributed by atoms with van der Waals surface area (Å²) in [5.74, 6) is 0.848. The van der Waals surface area contributed by atoms with Gasteiger partial charge in [0, 0.05) is 5.38 Å². The van der Waals surface area contributed by atoms with E-state index < -0.39 is 0 Å². The lowest BCUT2D eigenvalue weighted by Gasteiger charge is -2.10. The minimum Gasteiger partial charge on any atom is -0.454 e. The fraction of sp³-hybridized carbons (Fsp3) is 0.0870. The van der Waals surface area contributed by atoms with Crippen molar-refractivity contribution in [2.24, 2.45) is 4.99 Å². The maximum absolute atomic E-state index is 13.4. The van der Waals surface area contributed by atoms with Gasteiger partial charge in [0.25, 0.3) is 0 Å². The van der Waals surface area contributed by atoms with Gasteiger partial charge in [0.15, 0.2) is 16.3 Å². The predicted octanol–water partition coefficient (Wildman–Crippen LogP) is 5.50. The average molecular weight is 422 g/mol. The van der Waals surface area contributed by atoms with Gasteiger partial charge in [-0.2, -0.15) is 0 Å². The van der Waals surface area contributed by atoms with Crippen LogP contribution in [0.2, 0.25) is 0 Å². The smallest absolute Gasteiger partial charge is 0.231 e. The molecule has 7 heteroatoms. The molecule has 2 heterocycles. The summed E-state index contributed by atoms with van der Waals surface area (Å²) < 4.78 is 39.6. The lowest BCUT2D eigenvalue weighted by atomic mass is 10.1. The first-order chi connectivity index (χ1) is 14.7. The van der Waals surface area contributed by atoms with Gasteiger partial charge >= 0.3 is 0 Å². The monoisotopic (exact) mass is 422 g/mol. The van der Waals surface area contributed by atoms with Gasteiger partial charge in [0.05, 0.1) is 17.9 Å². The molecule has 1 aliphatic heterocycles. The van der Waals surface area contributed by atoms with E-state index in [0.29, 0.717) is 18.0 Å². The van der Waals surface area contributed by atoms with E-state index in [1.54, 1.807) is 24.3 Å². The van der Waals surface area contributed by atoms with Crippen molar-refractivity contribution in [3.05, 3.63) is 94.1 Å². The highest BCUT2D eigenvalue weighted by Gasteiger charge is 2.15. The molecule has 0 radical (unpaired) electrons. The third-order valence-electron chi connectivity index (χ3n) is 4.77. The summed E-state index contributed by atoms with van der Waals surface area (Å²) in [7, 11) is 0. The van der Waals surface area contributed by atoms with Crippen LogP contribution in [0.4, 0.5) is 14.5 Å². The van der Waals surface area contributed by atoms with E-state index in [9.17, 15) is 8.78 Å². The van der Waals surface area contributed by atoms with Crippen molar-refractivity contribution in [2.45, 2.75) is 6.54 Å². The van der Waals surface area contributed by atoms with Gasteiger partial charge in [-0.25, -0.2) is 13.8 Å². The highest BCUT2D eigenvalue weighted by molar-refractivity contribution is 7.07. The van der Waals surface area contributed by atoms with E-state index >= 15 is 0 Å². The Morgan fingerprint density at radius 1 is 0.867 bits per heavy atom. The van der Waals surface area contributed by atoms with Gasteiger partial charge in [-0.3, -0.25) is 0 Å². The van der Waals surface area contributed by atoms with Crippen LogP contribution < -0.4 is 14.3 Å². The van der Waals surface area contributed by atoms with Crippen LogP contribution in [0.5, 0.6) is 11.5 Å². The second-order valence-electron chi connectivity index (χ2n) is 6.77. The standard InChI is InChI=1S/C23H16F2N2O2S/c24-17-4-2-16(3-5-17)20-13-30-23(26-19-8-6-18(25)7-9-19)27(20)12-15-1-10-21-22(11-15)29-14-28-21/h1-11,13H,12,14H2. The molecule has 0 amide bonds. The lowest BCUT2D eigenvalue weighted by Crippen LogP contribution is -2.16. The van der Waals surface area contributed by atoms with Crippen molar-refractivity contribution in [3.8, 4) is 22.8 Å². The number of ether oxygens (including phenoxy) is 2. The molecule has 1 aromatic heterocycles. The van der Waals surface area contributed by atoms with Crippen LogP contribution in [0, 0.1) is 11.6 Å². The molecule has 5 rings (SSSR count). The fourth-order valence-corrected chi connectivity index (χ4v) is 4.20. The van der Waals surface area contributed by atoms with Gasteiger partial charge in [-0.15, -0.1) is 11.3 Å². The molecular weight excluding hydrogens is 406 g/mol. The quantitative estimate of drug-likeness (QED) is 0.435. The Morgan fingerprint density at radius 3 is 2.33 bits per heavy atom. The van der Waals surface area contributed by atoms with E-state index in [4.69, 9.17) is 14.5 Å². The Hall–Kier alpha value is -3.45. The summed E-state index contributed by atoms with van der Waals surface area (Å²) >= 11 is 1.47. The van der Waals surface area contributed by atoms with Crippen LogP contribution in [0.25, 0.3) is 11.3 Å². The van der Waals surface area contributed by atoms with E-state index in [0.717, 1.165) is 27.4 Å². The first-order valence-corrected chi connectivity index (χ1v) is 10.2. The SMILES string of the molecule is Fc1ccc(N=c2scc(-c3ccc(F)cc3)n2Cc2ccc3c(c2)OCO3)cc1. The first-order valence-electron chi connectivity index (χ1n) is 9.29. The Bertz CT molecular complexity index is 1260. The van der Waals surface area contributed by atoms with Crippen LogP contribution in [0.15, 0.2) is 77.1 Å². The zero-order valence-corrected chi connectivity index (χ0v) is 16.5. The number of halogens is 2.